The minimum Gasteiger partial charge on any atom is -0.351 e. The van der Waals surface area contributed by atoms with E-state index in [-0.39, 0.29) is 5.91 Å². The average Bonchev–Trinajstić information content (AvgIpc) is 2.12. The number of carbonyl (C=O) groups is 1. The maximum Gasteiger partial charge on any atom is 0.251 e. The second-order valence-electron chi connectivity index (χ2n) is 3.70. The number of aryl methyl sites for hydroxylation is 1. The van der Waals surface area contributed by atoms with E-state index in [9.17, 15) is 4.79 Å². The molecule has 1 heterocycles. The summed E-state index contributed by atoms with van der Waals surface area (Å²) in [5.41, 5.74) is 3.16. The lowest BCUT2D eigenvalue weighted by molar-refractivity contribution is 0.0941. The van der Waals surface area contributed by atoms with Crippen LogP contribution >= 0.6 is 0 Å². The largest absolute Gasteiger partial charge is 0.351 e. The van der Waals surface area contributed by atoms with Crippen molar-refractivity contribution >= 4 is 5.91 Å². The number of benzene rings is 1. The van der Waals surface area contributed by atoms with Gasteiger partial charge in [-0.1, -0.05) is 24.6 Å². The molecule has 0 aliphatic carbocycles. The van der Waals surface area contributed by atoms with Gasteiger partial charge < -0.3 is 5.32 Å². The van der Waals surface area contributed by atoms with Crippen molar-refractivity contribution in [1.29, 1.82) is 0 Å². The molecule has 2 nitrogen and oxygen atoms in total. The lowest BCUT2D eigenvalue weighted by atomic mass is 9.91. The zero-order valence-corrected chi connectivity index (χ0v) is 7.92. The van der Waals surface area contributed by atoms with Crippen LogP contribution < -0.4 is 5.32 Å². The minimum absolute atomic E-state index is 0.0665. The third-order valence-electron chi connectivity index (χ3n) is 2.55. The van der Waals surface area contributed by atoms with Crippen LogP contribution in [0.5, 0.6) is 0 Å². The van der Waals surface area contributed by atoms with Gasteiger partial charge in [0.05, 0.1) is 0 Å². The third-order valence-corrected chi connectivity index (χ3v) is 2.55. The molecule has 13 heavy (non-hydrogen) atoms. The van der Waals surface area contributed by atoms with E-state index in [4.69, 9.17) is 0 Å². The smallest absolute Gasteiger partial charge is 0.251 e. The van der Waals surface area contributed by atoms with Gasteiger partial charge in [0.2, 0.25) is 0 Å². The second-order valence-corrected chi connectivity index (χ2v) is 3.70. The fraction of sp³-hybridized carbons (Fsp3) is 0.364. The molecule has 2 rings (SSSR count). The molecule has 2 heteroatoms. The predicted octanol–water partition coefficient (Wildman–Crippen LogP) is 1.84. The van der Waals surface area contributed by atoms with Crippen molar-refractivity contribution in [3.8, 4) is 0 Å². The van der Waals surface area contributed by atoms with Crippen LogP contribution in [0.1, 0.15) is 34.3 Å². The van der Waals surface area contributed by atoms with Crippen molar-refractivity contribution in [1.82, 2.24) is 5.32 Å². The number of amides is 1. The van der Waals surface area contributed by atoms with Gasteiger partial charge in [-0.05, 0) is 24.5 Å². The first kappa shape index (κ1) is 8.30. The van der Waals surface area contributed by atoms with Gasteiger partial charge in [-0.3, -0.25) is 4.79 Å². The molecule has 0 spiro atoms. The highest BCUT2D eigenvalue weighted by Crippen LogP contribution is 2.23. The van der Waals surface area contributed by atoms with Crippen LogP contribution in [0.25, 0.3) is 0 Å². The van der Waals surface area contributed by atoms with E-state index in [2.05, 4.69) is 24.4 Å². The highest BCUT2D eigenvalue weighted by atomic mass is 16.1. The van der Waals surface area contributed by atoms with Crippen LogP contribution in [0.2, 0.25) is 0 Å². The van der Waals surface area contributed by atoms with Gasteiger partial charge in [-0.15, -0.1) is 0 Å². The molecule has 1 aromatic rings. The van der Waals surface area contributed by atoms with Crippen molar-refractivity contribution < 1.29 is 4.79 Å². The van der Waals surface area contributed by atoms with Gasteiger partial charge in [-0.2, -0.15) is 0 Å². The summed E-state index contributed by atoms with van der Waals surface area (Å²) in [6, 6.07) is 6.09. The maximum atomic E-state index is 11.5. The van der Waals surface area contributed by atoms with E-state index in [1.807, 2.05) is 13.0 Å². The summed E-state index contributed by atoms with van der Waals surface area (Å²) < 4.78 is 0. The zero-order valence-electron chi connectivity index (χ0n) is 7.92. The lowest BCUT2D eigenvalue weighted by Gasteiger charge is -2.22. The molecule has 1 atom stereocenters. The normalized spacial score (nSPS) is 20.8. The van der Waals surface area contributed by atoms with Crippen LogP contribution in [-0.4, -0.2) is 12.5 Å². The van der Waals surface area contributed by atoms with E-state index in [0.717, 1.165) is 17.7 Å². The van der Waals surface area contributed by atoms with Crippen molar-refractivity contribution in [2.45, 2.75) is 19.8 Å². The molecule has 68 valence electrons. The summed E-state index contributed by atoms with van der Waals surface area (Å²) in [4.78, 5) is 11.5. The van der Waals surface area contributed by atoms with Crippen LogP contribution in [-0.2, 0) is 0 Å². The molecule has 0 bridgehead atoms. The van der Waals surface area contributed by atoms with Gasteiger partial charge in [0, 0.05) is 12.1 Å². The third kappa shape index (κ3) is 1.32. The predicted molar refractivity (Wildman–Crippen MR) is 51.9 cm³/mol. The van der Waals surface area contributed by atoms with E-state index < -0.39 is 0 Å². The Balaban J connectivity index is 2.57. The highest BCUT2D eigenvalue weighted by Gasteiger charge is 2.21. The molecule has 1 aromatic carbocycles. The van der Waals surface area contributed by atoms with Gasteiger partial charge >= 0.3 is 0 Å². The Morgan fingerprint density at radius 3 is 3.00 bits per heavy atom. The monoisotopic (exact) mass is 175 g/mol. The van der Waals surface area contributed by atoms with E-state index >= 15 is 0 Å². The number of rotatable bonds is 0. The van der Waals surface area contributed by atoms with Gasteiger partial charge in [0.1, 0.15) is 0 Å². The van der Waals surface area contributed by atoms with E-state index in [0.29, 0.717) is 5.92 Å². The molecule has 0 radical (unpaired) electrons. The summed E-state index contributed by atoms with van der Waals surface area (Å²) in [6.07, 6.45) is 0. The summed E-state index contributed by atoms with van der Waals surface area (Å²) in [7, 11) is 0. The Labute approximate surface area is 78.0 Å². The summed E-state index contributed by atoms with van der Waals surface area (Å²) in [5.74, 6) is 0.505. The fourth-order valence-electron chi connectivity index (χ4n) is 1.75. The number of hydrogen-bond acceptors (Lipinski definition) is 1. The lowest BCUT2D eigenvalue weighted by Crippen LogP contribution is -2.33. The topological polar surface area (TPSA) is 29.1 Å². The molecule has 0 fully saturated rings. The van der Waals surface area contributed by atoms with E-state index in [1.54, 1.807) is 0 Å². The summed E-state index contributed by atoms with van der Waals surface area (Å²) >= 11 is 0. The average molecular weight is 175 g/mol. The quantitative estimate of drug-likeness (QED) is 0.640. The van der Waals surface area contributed by atoms with Crippen molar-refractivity contribution in [2.75, 3.05) is 6.54 Å². The Bertz CT molecular complexity index is 357. The first-order valence-electron chi connectivity index (χ1n) is 4.57. The Hall–Kier alpha value is -1.31. The number of carbonyl (C=O) groups excluding carboxylic acids is 1. The molecule has 1 N–H and O–H groups in total. The van der Waals surface area contributed by atoms with Gasteiger partial charge in [0.15, 0.2) is 0 Å². The summed E-state index contributed by atoms with van der Waals surface area (Å²) in [6.45, 7) is 4.90. The molecule has 0 aromatic heterocycles. The van der Waals surface area contributed by atoms with Crippen molar-refractivity contribution in [3.05, 3.63) is 34.9 Å². The van der Waals surface area contributed by atoms with Crippen LogP contribution in [0.4, 0.5) is 0 Å². The molecule has 1 aliphatic rings. The van der Waals surface area contributed by atoms with E-state index in [1.165, 1.54) is 5.56 Å². The zero-order chi connectivity index (χ0) is 9.42. The van der Waals surface area contributed by atoms with Crippen LogP contribution in [0.3, 0.4) is 0 Å². The molecule has 1 amide bonds. The Morgan fingerprint density at radius 2 is 2.23 bits per heavy atom. The molecular formula is C11H13NO. The Kier molecular flexibility index (Phi) is 1.83. The second kappa shape index (κ2) is 2.87. The first-order valence-corrected chi connectivity index (χ1v) is 4.57. The highest BCUT2D eigenvalue weighted by molar-refractivity contribution is 5.97. The number of nitrogens with one attached hydrogen (secondary N) is 1. The molecule has 1 unspecified atom stereocenters. The van der Waals surface area contributed by atoms with Crippen molar-refractivity contribution in [2.24, 2.45) is 0 Å². The molecule has 1 aliphatic heterocycles. The number of hydrogen-bond donors (Lipinski definition) is 1. The van der Waals surface area contributed by atoms with Crippen LogP contribution in [0.15, 0.2) is 18.2 Å². The first-order chi connectivity index (χ1) is 6.18. The van der Waals surface area contributed by atoms with Gasteiger partial charge in [0.25, 0.3) is 5.91 Å². The standard InChI is InChI=1S/C11H13NO/c1-7-3-4-9-8(2)6-12-11(13)10(9)5-7/h3-5,8H,6H2,1-2H3,(H,12,13). The number of fused-ring (bicyclic) bond motifs is 1. The van der Waals surface area contributed by atoms with Gasteiger partial charge in [-0.25, -0.2) is 0 Å². The van der Waals surface area contributed by atoms with Crippen LogP contribution in [0, 0.1) is 6.92 Å². The minimum atomic E-state index is 0.0665. The summed E-state index contributed by atoms with van der Waals surface area (Å²) in [5, 5.41) is 2.88. The maximum absolute atomic E-state index is 11.5. The fourth-order valence-corrected chi connectivity index (χ4v) is 1.75. The SMILES string of the molecule is Cc1ccc2c(c1)C(=O)NCC2C. The molecule has 0 saturated heterocycles. The Morgan fingerprint density at radius 1 is 1.46 bits per heavy atom. The van der Waals surface area contributed by atoms with Crippen molar-refractivity contribution in [3.63, 3.8) is 0 Å². The molecule has 0 saturated carbocycles. The molecular weight excluding hydrogens is 162 g/mol.